The summed E-state index contributed by atoms with van der Waals surface area (Å²) >= 11 is 0. The van der Waals surface area contributed by atoms with E-state index in [4.69, 9.17) is 4.52 Å². The van der Waals surface area contributed by atoms with Gasteiger partial charge in [-0.2, -0.15) is 0 Å². The molecule has 0 bridgehead atoms. The molecule has 4 heteroatoms. The van der Waals surface area contributed by atoms with Crippen molar-refractivity contribution in [3.63, 3.8) is 0 Å². The van der Waals surface area contributed by atoms with Gasteiger partial charge >= 0.3 is 0 Å². The van der Waals surface area contributed by atoms with Crippen molar-refractivity contribution >= 4 is 0 Å². The summed E-state index contributed by atoms with van der Waals surface area (Å²) in [7, 11) is 0. The molecule has 0 spiro atoms. The van der Waals surface area contributed by atoms with E-state index in [1.807, 2.05) is 13.0 Å². The van der Waals surface area contributed by atoms with Gasteiger partial charge in [0.2, 0.25) is 0 Å². The van der Waals surface area contributed by atoms with Gasteiger partial charge in [-0.3, -0.25) is 4.90 Å². The molecule has 1 unspecified atom stereocenters. The molecular formula is C13H23N3O. The fourth-order valence-electron chi connectivity index (χ4n) is 2.34. The monoisotopic (exact) mass is 237 g/mol. The maximum atomic E-state index is 5.25. The third-order valence-corrected chi connectivity index (χ3v) is 3.24. The maximum absolute atomic E-state index is 5.25. The molecule has 0 saturated carbocycles. The molecular weight excluding hydrogens is 214 g/mol. The van der Waals surface area contributed by atoms with Crippen molar-refractivity contribution in [2.24, 2.45) is 5.92 Å². The molecule has 0 amide bonds. The second-order valence-corrected chi connectivity index (χ2v) is 5.39. The summed E-state index contributed by atoms with van der Waals surface area (Å²) < 4.78 is 5.25. The van der Waals surface area contributed by atoms with E-state index in [0.29, 0.717) is 6.04 Å². The van der Waals surface area contributed by atoms with Gasteiger partial charge in [0.25, 0.3) is 0 Å². The maximum Gasteiger partial charge on any atom is 0.150 e. The first-order chi connectivity index (χ1) is 8.13. The zero-order valence-electron chi connectivity index (χ0n) is 11.1. The van der Waals surface area contributed by atoms with E-state index in [9.17, 15) is 0 Å². The van der Waals surface area contributed by atoms with E-state index in [0.717, 1.165) is 30.5 Å². The van der Waals surface area contributed by atoms with Crippen LogP contribution in [0.25, 0.3) is 0 Å². The van der Waals surface area contributed by atoms with Crippen LogP contribution < -0.4 is 5.32 Å². The molecule has 1 fully saturated rings. The average molecular weight is 237 g/mol. The van der Waals surface area contributed by atoms with Gasteiger partial charge in [-0.05, 0) is 32.4 Å². The Hall–Kier alpha value is -0.870. The Balaban J connectivity index is 1.74. The number of likely N-dealkylation sites (tertiary alicyclic amines) is 1. The number of nitrogens with zero attached hydrogens (tertiary/aromatic N) is 2. The third-order valence-electron chi connectivity index (χ3n) is 3.24. The normalized spacial score (nSPS) is 21.5. The van der Waals surface area contributed by atoms with Crippen LogP contribution in [0.4, 0.5) is 0 Å². The quantitative estimate of drug-likeness (QED) is 0.848. The van der Waals surface area contributed by atoms with Crippen LogP contribution in [0.3, 0.4) is 0 Å². The van der Waals surface area contributed by atoms with E-state index < -0.39 is 0 Å². The number of rotatable bonds is 5. The lowest BCUT2D eigenvalue weighted by molar-refractivity contribution is 0.264. The first kappa shape index (κ1) is 12.6. The summed E-state index contributed by atoms with van der Waals surface area (Å²) in [6, 6.07) is 2.61. The summed E-state index contributed by atoms with van der Waals surface area (Å²) in [5.74, 6) is 1.77. The van der Waals surface area contributed by atoms with Crippen molar-refractivity contribution in [3.8, 4) is 0 Å². The number of hydrogen-bond donors (Lipinski definition) is 1. The minimum atomic E-state index is 0.584. The Morgan fingerprint density at radius 3 is 3.06 bits per heavy atom. The summed E-state index contributed by atoms with van der Waals surface area (Å²) in [6.45, 7) is 10.7. The molecule has 17 heavy (non-hydrogen) atoms. The Labute approximate surface area is 103 Å². The standard InChI is InChI=1S/C13H23N3O/c1-10(2)14-7-12-4-5-16(8-12)9-13-6-11(3)15-17-13/h6,10,12,14H,4-5,7-9H2,1-3H3. The minimum absolute atomic E-state index is 0.584. The van der Waals surface area contributed by atoms with Crippen molar-refractivity contribution in [1.82, 2.24) is 15.4 Å². The minimum Gasteiger partial charge on any atom is -0.360 e. The molecule has 1 atom stereocenters. The van der Waals surface area contributed by atoms with E-state index in [1.165, 1.54) is 19.5 Å². The van der Waals surface area contributed by atoms with E-state index in [2.05, 4.69) is 29.2 Å². The van der Waals surface area contributed by atoms with E-state index >= 15 is 0 Å². The highest BCUT2D eigenvalue weighted by Crippen LogP contribution is 2.18. The zero-order chi connectivity index (χ0) is 12.3. The summed E-state index contributed by atoms with van der Waals surface area (Å²) in [5, 5.41) is 7.44. The van der Waals surface area contributed by atoms with Gasteiger partial charge in [-0.1, -0.05) is 19.0 Å². The largest absolute Gasteiger partial charge is 0.360 e. The smallest absolute Gasteiger partial charge is 0.150 e. The van der Waals surface area contributed by atoms with Crippen LogP contribution in [0, 0.1) is 12.8 Å². The van der Waals surface area contributed by atoms with E-state index in [1.54, 1.807) is 0 Å². The molecule has 1 aliphatic rings. The van der Waals surface area contributed by atoms with Crippen molar-refractivity contribution in [2.75, 3.05) is 19.6 Å². The number of nitrogens with one attached hydrogen (secondary N) is 1. The van der Waals surface area contributed by atoms with Crippen LogP contribution >= 0.6 is 0 Å². The van der Waals surface area contributed by atoms with Crippen LogP contribution in [0.1, 0.15) is 31.7 Å². The van der Waals surface area contributed by atoms with Gasteiger partial charge in [0.1, 0.15) is 0 Å². The second-order valence-electron chi connectivity index (χ2n) is 5.39. The molecule has 0 aliphatic carbocycles. The third kappa shape index (κ3) is 3.82. The van der Waals surface area contributed by atoms with Crippen LogP contribution in [0.15, 0.2) is 10.6 Å². The van der Waals surface area contributed by atoms with Crippen LogP contribution in [-0.4, -0.2) is 35.7 Å². The first-order valence-electron chi connectivity index (χ1n) is 6.51. The summed E-state index contributed by atoms with van der Waals surface area (Å²) in [4.78, 5) is 2.45. The molecule has 2 rings (SSSR count). The van der Waals surface area contributed by atoms with Crippen molar-refractivity contribution in [3.05, 3.63) is 17.5 Å². The van der Waals surface area contributed by atoms with Gasteiger partial charge in [0.05, 0.1) is 12.2 Å². The highest BCUT2D eigenvalue weighted by Gasteiger charge is 2.23. The van der Waals surface area contributed by atoms with Gasteiger partial charge in [-0.15, -0.1) is 0 Å². The molecule has 0 aromatic carbocycles. The molecule has 0 radical (unpaired) electrons. The Bertz CT molecular complexity index is 348. The lowest BCUT2D eigenvalue weighted by Gasteiger charge is -2.15. The van der Waals surface area contributed by atoms with Gasteiger partial charge in [-0.25, -0.2) is 0 Å². The topological polar surface area (TPSA) is 41.3 Å². The van der Waals surface area contributed by atoms with Crippen molar-refractivity contribution in [2.45, 2.75) is 39.8 Å². The Morgan fingerprint density at radius 2 is 2.41 bits per heavy atom. The molecule has 1 aromatic heterocycles. The molecule has 1 aliphatic heterocycles. The van der Waals surface area contributed by atoms with Crippen LogP contribution in [0.5, 0.6) is 0 Å². The molecule has 1 saturated heterocycles. The average Bonchev–Trinajstić information content (AvgIpc) is 2.86. The summed E-state index contributed by atoms with van der Waals surface area (Å²) in [5.41, 5.74) is 0.970. The van der Waals surface area contributed by atoms with Gasteiger partial charge in [0.15, 0.2) is 5.76 Å². The zero-order valence-corrected chi connectivity index (χ0v) is 11.1. The Kier molecular flexibility index (Phi) is 4.18. The molecule has 2 heterocycles. The molecule has 96 valence electrons. The fraction of sp³-hybridized carbons (Fsp3) is 0.769. The van der Waals surface area contributed by atoms with Crippen LogP contribution in [0.2, 0.25) is 0 Å². The molecule has 1 N–H and O–H groups in total. The predicted octanol–water partition coefficient (Wildman–Crippen LogP) is 1.80. The van der Waals surface area contributed by atoms with Crippen LogP contribution in [-0.2, 0) is 6.54 Å². The number of aromatic nitrogens is 1. The van der Waals surface area contributed by atoms with E-state index in [-0.39, 0.29) is 0 Å². The van der Waals surface area contributed by atoms with Gasteiger partial charge < -0.3 is 9.84 Å². The molecule has 1 aromatic rings. The number of hydrogen-bond acceptors (Lipinski definition) is 4. The highest BCUT2D eigenvalue weighted by molar-refractivity contribution is 5.03. The predicted molar refractivity (Wildman–Crippen MR) is 67.8 cm³/mol. The second kappa shape index (κ2) is 5.65. The Morgan fingerprint density at radius 1 is 1.59 bits per heavy atom. The number of aryl methyl sites for hydroxylation is 1. The lowest BCUT2D eigenvalue weighted by atomic mass is 10.1. The fourth-order valence-corrected chi connectivity index (χ4v) is 2.34. The molecule has 4 nitrogen and oxygen atoms in total. The van der Waals surface area contributed by atoms with Crippen molar-refractivity contribution < 1.29 is 4.52 Å². The van der Waals surface area contributed by atoms with Crippen molar-refractivity contribution in [1.29, 1.82) is 0 Å². The first-order valence-corrected chi connectivity index (χ1v) is 6.51. The SMILES string of the molecule is Cc1cc(CN2CCC(CNC(C)C)C2)on1. The van der Waals surface area contributed by atoms with Gasteiger partial charge in [0, 0.05) is 18.7 Å². The lowest BCUT2D eigenvalue weighted by Crippen LogP contribution is -2.30. The summed E-state index contributed by atoms with van der Waals surface area (Å²) in [6.07, 6.45) is 1.28. The highest BCUT2D eigenvalue weighted by atomic mass is 16.5.